The second kappa shape index (κ2) is 2.76. The summed E-state index contributed by atoms with van der Waals surface area (Å²) in [6.45, 7) is 4.51. The standard InChI is InChI=1S/C12H16O/c1-12(2)8-4-5-9-10(12)6-3-7-11(9)13/h3,6-7,13H,4-5,8H2,1-2H3. The molecule has 70 valence electrons. The van der Waals surface area contributed by atoms with Gasteiger partial charge in [0.25, 0.3) is 0 Å². The Balaban J connectivity index is 2.58. The predicted molar refractivity (Wildman–Crippen MR) is 54.1 cm³/mol. The predicted octanol–water partition coefficient (Wildman–Crippen LogP) is 3.01. The summed E-state index contributed by atoms with van der Waals surface area (Å²) in [5.41, 5.74) is 2.74. The van der Waals surface area contributed by atoms with E-state index >= 15 is 0 Å². The Hall–Kier alpha value is -0.980. The van der Waals surface area contributed by atoms with E-state index in [1.54, 1.807) is 6.07 Å². The molecule has 0 saturated heterocycles. The molecule has 0 aromatic heterocycles. The van der Waals surface area contributed by atoms with E-state index in [0.29, 0.717) is 5.75 Å². The van der Waals surface area contributed by atoms with Gasteiger partial charge in [0.2, 0.25) is 0 Å². The lowest BCUT2D eigenvalue weighted by Gasteiger charge is -2.32. The van der Waals surface area contributed by atoms with Gasteiger partial charge in [-0.3, -0.25) is 0 Å². The van der Waals surface area contributed by atoms with E-state index in [0.717, 1.165) is 6.42 Å². The molecular formula is C12H16O. The molecule has 1 N–H and O–H groups in total. The SMILES string of the molecule is CC1(C)CCCc2c(O)cccc21. The molecule has 0 saturated carbocycles. The molecule has 0 heterocycles. The Bertz CT molecular complexity index is 326. The van der Waals surface area contributed by atoms with Gasteiger partial charge in [-0.25, -0.2) is 0 Å². The second-order valence-corrected chi connectivity index (χ2v) is 4.54. The average molecular weight is 176 g/mol. The van der Waals surface area contributed by atoms with Crippen molar-refractivity contribution in [1.29, 1.82) is 0 Å². The molecule has 0 fully saturated rings. The molecule has 0 radical (unpaired) electrons. The van der Waals surface area contributed by atoms with Crippen molar-refractivity contribution in [3.8, 4) is 5.75 Å². The van der Waals surface area contributed by atoms with Crippen molar-refractivity contribution in [3.63, 3.8) is 0 Å². The van der Waals surface area contributed by atoms with Crippen LogP contribution in [0.5, 0.6) is 5.75 Å². The monoisotopic (exact) mass is 176 g/mol. The summed E-state index contributed by atoms with van der Waals surface area (Å²) in [6.07, 6.45) is 3.45. The van der Waals surface area contributed by atoms with Crippen LogP contribution >= 0.6 is 0 Å². The number of benzene rings is 1. The summed E-state index contributed by atoms with van der Waals surface area (Å²) in [7, 11) is 0. The van der Waals surface area contributed by atoms with Crippen LogP contribution in [0.2, 0.25) is 0 Å². The summed E-state index contributed by atoms with van der Waals surface area (Å²) in [6, 6.07) is 5.88. The van der Waals surface area contributed by atoms with Gasteiger partial charge in [0.05, 0.1) is 0 Å². The van der Waals surface area contributed by atoms with Crippen LogP contribution in [-0.4, -0.2) is 5.11 Å². The minimum Gasteiger partial charge on any atom is -0.508 e. The van der Waals surface area contributed by atoms with Gasteiger partial charge in [-0.2, -0.15) is 0 Å². The van der Waals surface area contributed by atoms with Crippen LogP contribution in [0.1, 0.15) is 37.8 Å². The molecule has 1 aliphatic rings. The Morgan fingerprint density at radius 3 is 2.77 bits per heavy atom. The van der Waals surface area contributed by atoms with E-state index < -0.39 is 0 Å². The quantitative estimate of drug-likeness (QED) is 0.644. The van der Waals surface area contributed by atoms with E-state index in [9.17, 15) is 5.11 Å². The zero-order valence-electron chi connectivity index (χ0n) is 8.30. The van der Waals surface area contributed by atoms with Crippen LogP contribution in [0.4, 0.5) is 0 Å². The second-order valence-electron chi connectivity index (χ2n) is 4.54. The molecule has 1 heteroatoms. The van der Waals surface area contributed by atoms with Crippen molar-refractivity contribution in [2.45, 2.75) is 38.5 Å². The third-order valence-electron chi connectivity index (χ3n) is 3.11. The van der Waals surface area contributed by atoms with Gasteiger partial charge in [-0.05, 0) is 41.9 Å². The van der Waals surface area contributed by atoms with Crippen molar-refractivity contribution in [2.24, 2.45) is 0 Å². The Morgan fingerprint density at radius 1 is 1.31 bits per heavy atom. The molecule has 0 atom stereocenters. The third-order valence-corrected chi connectivity index (χ3v) is 3.11. The highest BCUT2D eigenvalue weighted by Crippen LogP contribution is 2.39. The average Bonchev–Trinajstić information content (AvgIpc) is 2.06. The highest BCUT2D eigenvalue weighted by molar-refractivity contribution is 5.44. The first-order valence-electron chi connectivity index (χ1n) is 4.92. The normalized spacial score (nSPS) is 19.5. The van der Waals surface area contributed by atoms with Crippen LogP contribution in [0.25, 0.3) is 0 Å². The largest absolute Gasteiger partial charge is 0.508 e. The Labute approximate surface area is 79.4 Å². The lowest BCUT2D eigenvalue weighted by Crippen LogP contribution is -2.23. The highest BCUT2D eigenvalue weighted by atomic mass is 16.3. The number of aromatic hydroxyl groups is 1. The lowest BCUT2D eigenvalue weighted by molar-refractivity contribution is 0.409. The highest BCUT2D eigenvalue weighted by Gasteiger charge is 2.28. The van der Waals surface area contributed by atoms with Crippen molar-refractivity contribution in [3.05, 3.63) is 29.3 Å². The zero-order valence-corrected chi connectivity index (χ0v) is 8.30. The molecule has 0 spiro atoms. The van der Waals surface area contributed by atoms with Crippen molar-refractivity contribution in [2.75, 3.05) is 0 Å². The number of hydrogen-bond acceptors (Lipinski definition) is 1. The first-order valence-corrected chi connectivity index (χ1v) is 4.92. The third kappa shape index (κ3) is 1.32. The van der Waals surface area contributed by atoms with Gasteiger partial charge in [-0.1, -0.05) is 26.0 Å². The Kier molecular flexibility index (Phi) is 1.83. The van der Waals surface area contributed by atoms with Crippen LogP contribution < -0.4 is 0 Å². The Morgan fingerprint density at radius 2 is 2.08 bits per heavy atom. The lowest BCUT2D eigenvalue weighted by atomic mass is 9.72. The number of hydrogen-bond donors (Lipinski definition) is 1. The molecule has 0 bridgehead atoms. The van der Waals surface area contributed by atoms with Crippen molar-refractivity contribution < 1.29 is 5.11 Å². The van der Waals surface area contributed by atoms with Gasteiger partial charge >= 0.3 is 0 Å². The van der Waals surface area contributed by atoms with Crippen LogP contribution in [0, 0.1) is 0 Å². The summed E-state index contributed by atoms with van der Waals surface area (Å²) >= 11 is 0. The number of rotatable bonds is 0. The fraction of sp³-hybridized carbons (Fsp3) is 0.500. The summed E-state index contributed by atoms with van der Waals surface area (Å²) in [5, 5.41) is 9.69. The summed E-state index contributed by atoms with van der Waals surface area (Å²) in [4.78, 5) is 0. The van der Waals surface area contributed by atoms with E-state index in [1.165, 1.54) is 24.0 Å². The molecule has 0 unspecified atom stereocenters. The van der Waals surface area contributed by atoms with Crippen LogP contribution in [0.3, 0.4) is 0 Å². The summed E-state index contributed by atoms with van der Waals surface area (Å²) in [5.74, 6) is 0.477. The maximum Gasteiger partial charge on any atom is 0.119 e. The van der Waals surface area contributed by atoms with E-state index in [4.69, 9.17) is 0 Å². The van der Waals surface area contributed by atoms with Gasteiger partial charge < -0.3 is 5.11 Å². The maximum absolute atomic E-state index is 9.69. The number of fused-ring (bicyclic) bond motifs is 1. The molecule has 1 aromatic carbocycles. The van der Waals surface area contributed by atoms with Crippen LogP contribution in [-0.2, 0) is 11.8 Å². The van der Waals surface area contributed by atoms with Gasteiger partial charge in [-0.15, -0.1) is 0 Å². The first kappa shape index (κ1) is 8.61. The van der Waals surface area contributed by atoms with E-state index in [1.807, 2.05) is 6.07 Å². The smallest absolute Gasteiger partial charge is 0.119 e. The molecule has 1 nitrogen and oxygen atoms in total. The minimum absolute atomic E-state index is 0.242. The fourth-order valence-corrected chi connectivity index (χ4v) is 2.31. The fourth-order valence-electron chi connectivity index (χ4n) is 2.31. The first-order chi connectivity index (χ1) is 6.11. The van der Waals surface area contributed by atoms with Crippen molar-refractivity contribution in [1.82, 2.24) is 0 Å². The molecule has 13 heavy (non-hydrogen) atoms. The van der Waals surface area contributed by atoms with Gasteiger partial charge in [0.15, 0.2) is 0 Å². The molecule has 0 aliphatic heterocycles. The van der Waals surface area contributed by atoms with Crippen molar-refractivity contribution >= 4 is 0 Å². The molecule has 1 aliphatic carbocycles. The number of phenolic OH excluding ortho intramolecular Hbond substituents is 1. The zero-order chi connectivity index (χ0) is 9.47. The molecular weight excluding hydrogens is 160 g/mol. The summed E-state index contributed by atoms with van der Waals surface area (Å²) < 4.78 is 0. The maximum atomic E-state index is 9.69. The minimum atomic E-state index is 0.242. The van der Waals surface area contributed by atoms with Gasteiger partial charge in [0, 0.05) is 0 Å². The topological polar surface area (TPSA) is 20.2 Å². The molecule has 2 rings (SSSR count). The van der Waals surface area contributed by atoms with Gasteiger partial charge in [0.1, 0.15) is 5.75 Å². The number of phenols is 1. The van der Waals surface area contributed by atoms with E-state index in [-0.39, 0.29) is 5.41 Å². The molecule has 0 amide bonds. The van der Waals surface area contributed by atoms with E-state index in [2.05, 4.69) is 19.9 Å². The molecule has 1 aromatic rings. The van der Waals surface area contributed by atoms with Crippen LogP contribution in [0.15, 0.2) is 18.2 Å².